The molecule has 0 spiro atoms. The molecule has 60 valence electrons. The van der Waals surface area contributed by atoms with E-state index in [2.05, 4.69) is 18.8 Å². The van der Waals surface area contributed by atoms with E-state index in [1.807, 2.05) is 0 Å². The van der Waals surface area contributed by atoms with Crippen molar-refractivity contribution in [2.75, 3.05) is 6.61 Å². The maximum absolute atomic E-state index is 8.84. The second-order valence-corrected chi connectivity index (χ2v) is 6.95. The van der Waals surface area contributed by atoms with Crippen molar-refractivity contribution in [3.8, 4) is 0 Å². The standard InChI is InChI=1S/C7H14OSe2/c1-3-9-6-7(5-8)10-4-2/h6,8H,3-5H2,1-2H3/b7-6-. The number of aliphatic hydroxyl groups is 1. The SMILES string of the molecule is CC[Se]/C=C(/CO)[Se]CC. The Kier molecular flexibility index (Phi) is 8.42. The van der Waals surface area contributed by atoms with Gasteiger partial charge in [0.2, 0.25) is 0 Å². The Bertz CT molecular complexity index is 102. The van der Waals surface area contributed by atoms with E-state index in [-0.39, 0.29) is 6.61 Å². The molecule has 0 aliphatic carbocycles. The van der Waals surface area contributed by atoms with Gasteiger partial charge in [0, 0.05) is 0 Å². The molecule has 0 aromatic rings. The quantitative estimate of drug-likeness (QED) is 0.743. The molecular formula is C7H14OSe2. The van der Waals surface area contributed by atoms with Crippen LogP contribution in [-0.2, 0) is 0 Å². The van der Waals surface area contributed by atoms with Gasteiger partial charge in [-0.1, -0.05) is 0 Å². The molecule has 0 fully saturated rings. The fourth-order valence-electron chi connectivity index (χ4n) is 0.479. The van der Waals surface area contributed by atoms with Crippen molar-refractivity contribution in [2.45, 2.75) is 24.5 Å². The summed E-state index contributed by atoms with van der Waals surface area (Å²) in [5.41, 5.74) is 0. The van der Waals surface area contributed by atoms with Gasteiger partial charge < -0.3 is 0 Å². The van der Waals surface area contributed by atoms with Gasteiger partial charge in [-0.25, -0.2) is 0 Å². The summed E-state index contributed by atoms with van der Waals surface area (Å²) < 4.78 is 1.29. The molecule has 1 nitrogen and oxygen atoms in total. The predicted molar refractivity (Wildman–Crippen MR) is 47.6 cm³/mol. The Hall–Kier alpha value is 0.739. The van der Waals surface area contributed by atoms with Gasteiger partial charge in [-0.05, 0) is 0 Å². The van der Waals surface area contributed by atoms with Crippen molar-refractivity contribution < 1.29 is 5.11 Å². The summed E-state index contributed by atoms with van der Waals surface area (Å²) in [6, 6.07) is 0. The fraction of sp³-hybridized carbons (Fsp3) is 0.714. The summed E-state index contributed by atoms with van der Waals surface area (Å²) in [7, 11) is 0. The van der Waals surface area contributed by atoms with Crippen LogP contribution in [0.4, 0.5) is 0 Å². The van der Waals surface area contributed by atoms with Crippen molar-refractivity contribution in [1.82, 2.24) is 0 Å². The van der Waals surface area contributed by atoms with Crippen molar-refractivity contribution in [1.29, 1.82) is 0 Å². The Labute approximate surface area is 75.6 Å². The molecule has 0 amide bonds. The van der Waals surface area contributed by atoms with Gasteiger partial charge in [-0.15, -0.1) is 0 Å². The summed E-state index contributed by atoms with van der Waals surface area (Å²) in [5.74, 6) is 0. The summed E-state index contributed by atoms with van der Waals surface area (Å²) >= 11 is 1.20. The zero-order valence-electron chi connectivity index (χ0n) is 6.46. The molecular weight excluding hydrogens is 258 g/mol. The summed E-state index contributed by atoms with van der Waals surface area (Å²) in [6.07, 6.45) is 0. The summed E-state index contributed by atoms with van der Waals surface area (Å²) in [6.45, 7) is 4.64. The first-order valence-electron chi connectivity index (χ1n) is 3.39. The van der Waals surface area contributed by atoms with Crippen LogP contribution < -0.4 is 0 Å². The zero-order chi connectivity index (χ0) is 7.82. The molecule has 0 aliphatic heterocycles. The molecule has 0 atom stereocenters. The average Bonchev–Trinajstić information content (AvgIpc) is 1.98. The molecule has 1 N–H and O–H groups in total. The Morgan fingerprint density at radius 1 is 1.40 bits per heavy atom. The van der Waals surface area contributed by atoms with E-state index in [1.165, 1.54) is 15.1 Å². The van der Waals surface area contributed by atoms with Crippen LogP contribution in [-0.4, -0.2) is 41.6 Å². The van der Waals surface area contributed by atoms with Crippen LogP contribution in [0.1, 0.15) is 13.8 Å². The van der Waals surface area contributed by atoms with Crippen LogP contribution in [0.2, 0.25) is 10.6 Å². The molecule has 0 saturated carbocycles. The van der Waals surface area contributed by atoms with Gasteiger partial charge in [0.1, 0.15) is 0 Å². The molecule has 0 radical (unpaired) electrons. The summed E-state index contributed by atoms with van der Waals surface area (Å²) in [4.78, 5) is 2.25. The molecule has 0 aromatic carbocycles. The van der Waals surface area contributed by atoms with Crippen molar-refractivity contribution in [3.05, 3.63) is 9.45 Å². The van der Waals surface area contributed by atoms with Crippen LogP contribution in [0.25, 0.3) is 0 Å². The van der Waals surface area contributed by atoms with Gasteiger partial charge >= 0.3 is 75.6 Å². The number of aliphatic hydroxyl groups excluding tert-OH is 1. The molecule has 0 unspecified atom stereocenters. The average molecular weight is 272 g/mol. The first kappa shape index (κ1) is 10.7. The second kappa shape index (κ2) is 7.84. The molecule has 0 aromatic heterocycles. The van der Waals surface area contributed by atoms with E-state index < -0.39 is 0 Å². The van der Waals surface area contributed by atoms with Gasteiger partial charge in [0.25, 0.3) is 0 Å². The minimum atomic E-state index is 0.287. The molecule has 0 aliphatic rings. The predicted octanol–water partition coefficient (Wildman–Crippen LogP) is 1.10. The molecule has 10 heavy (non-hydrogen) atoms. The maximum atomic E-state index is 8.84. The molecule has 0 saturated heterocycles. The van der Waals surface area contributed by atoms with E-state index in [9.17, 15) is 0 Å². The third-order valence-corrected chi connectivity index (χ3v) is 5.17. The number of hydrogen-bond donors (Lipinski definition) is 1. The third-order valence-electron chi connectivity index (χ3n) is 0.867. The van der Waals surface area contributed by atoms with Crippen molar-refractivity contribution >= 4 is 29.9 Å². The van der Waals surface area contributed by atoms with E-state index in [0.717, 1.165) is 0 Å². The van der Waals surface area contributed by atoms with Gasteiger partial charge in [0.05, 0.1) is 0 Å². The van der Waals surface area contributed by atoms with Gasteiger partial charge in [0.15, 0.2) is 0 Å². The number of rotatable bonds is 5. The van der Waals surface area contributed by atoms with Crippen molar-refractivity contribution in [3.63, 3.8) is 0 Å². The third kappa shape index (κ3) is 5.52. The molecule has 0 rings (SSSR count). The molecule has 0 heterocycles. The van der Waals surface area contributed by atoms with E-state index in [4.69, 9.17) is 5.11 Å². The zero-order valence-corrected chi connectivity index (χ0v) is 9.89. The fourth-order valence-corrected chi connectivity index (χ4v) is 3.97. The van der Waals surface area contributed by atoms with Crippen LogP contribution in [0, 0.1) is 0 Å². The van der Waals surface area contributed by atoms with Crippen LogP contribution in [0.15, 0.2) is 9.45 Å². The first-order chi connectivity index (χ1) is 4.85. The van der Waals surface area contributed by atoms with Crippen LogP contribution >= 0.6 is 0 Å². The van der Waals surface area contributed by atoms with Crippen LogP contribution in [0.5, 0.6) is 0 Å². The Morgan fingerprint density at radius 3 is 2.50 bits per heavy atom. The number of hydrogen-bond acceptors (Lipinski definition) is 1. The second-order valence-electron chi connectivity index (χ2n) is 1.63. The van der Waals surface area contributed by atoms with E-state index in [1.54, 1.807) is 0 Å². The normalized spacial score (nSPS) is 12.1. The monoisotopic (exact) mass is 274 g/mol. The van der Waals surface area contributed by atoms with E-state index in [0.29, 0.717) is 29.9 Å². The Balaban J connectivity index is 3.55. The first-order valence-corrected chi connectivity index (χ1v) is 7.66. The topological polar surface area (TPSA) is 20.2 Å². The Morgan fingerprint density at radius 2 is 2.10 bits per heavy atom. The minimum absolute atomic E-state index is 0.287. The summed E-state index contributed by atoms with van der Waals surface area (Å²) in [5, 5.41) is 11.3. The van der Waals surface area contributed by atoms with Gasteiger partial charge in [-0.2, -0.15) is 0 Å². The van der Waals surface area contributed by atoms with E-state index >= 15 is 0 Å². The van der Waals surface area contributed by atoms with Crippen LogP contribution in [0.3, 0.4) is 0 Å². The van der Waals surface area contributed by atoms with Gasteiger partial charge in [-0.3, -0.25) is 0 Å². The van der Waals surface area contributed by atoms with Crippen molar-refractivity contribution in [2.24, 2.45) is 0 Å². The molecule has 0 bridgehead atoms. The molecule has 3 heteroatoms.